The van der Waals surface area contributed by atoms with Crippen LogP contribution in [0.2, 0.25) is 0 Å². The number of nitrogens with one attached hydrogen (secondary N) is 1. The molecule has 0 radical (unpaired) electrons. The molecule has 13 heteroatoms. The first kappa shape index (κ1) is 26.0. The summed E-state index contributed by atoms with van der Waals surface area (Å²) in [5.74, 6) is -2.04. The van der Waals surface area contributed by atoms with E-state index in [-0.39, 0.29) is 23.2 Å². The molecule has 2 aromatic heterocycles. The van der Waals surface area contributed by atoms with Gasteiger partial charge in [0.1, 0.15) is 5.69 Å². The molecule has 2 aliphatic heterocycles. The largest absolute Gasteiger partial charge is 0.449 e. The van der Waals surface area contributed by atoms with E-state index >= 15 is 0 Å². The fourth-order valence-corrected chi connectivity index (χ4v) is 4.68. The summed E-state index contributed by atoms with van der Waals surface area (Å²) in [4.78, 5) is 28.4. The first-order valence-electron chi connectivity index (χ1n) is 12.3. The summed E-state index contributed by atoms with van der Waals surface area (Å²) in [7, 11) is 2.01. The Morgan fingerprint density at radius 3 is 2.37 bits per heavy atom. The van der Waals surface area contributed by atoms with Gasteiger partial charge in [0.05, 0.1) is 18.1 Å². The van der Waals surface area contributed by atoms with Crippen LogP contribution in [0.3, 0.4) is 0 Å². The number of aromatic nitrogens is 4. The number of imidazole rings is 1. The smallest absolute Gasteiger partial charge is 0.381 e. The molecule has 202 valence electrons. The van der Waals surface area contributed by atoms with Crippen LogP contribution >= 0.6 is 0 Å². The van der Waals surface area contributed by atoms with Gasteiger partial charge in [-0.2, -0.15) is 13.2 Å². The first-order valence-corrected chi connectivity index (χ1v) is 12.3. The van der Waals surface area contributed by atoms with Crippen LogP contribution in [0, 0.1) is 5.82 Å². The van der Waals surface area contributed by atoms with Crippen molar-refractivity contribution in [2.45, 2.75) is 25.1 Å². The van der Waals surface area contributed by atoms with Gasteiger partial charge in [0, 0.05) is 56.7 Å². The van der Waals surface area contributed by atoms with Crippen molar-refractivity contribution >= 4 is 17.5 Å². The van der Waals surface area contributed by atoms with Gasteiger partial charge in [0.25, 0.3) is 5.91 Å². The summed E-state index contributed by atoms with van der Waals surface area (Å²) in [6.07, 6.45) is -2.14. The predicted molar refractivity (Wildman–Crippen MR) is 130 cm³/mol. The van der Waals surface area contributed by atoms with Gasteiger partial charge in [0.15, 0.2) is 5.82 Å². The minimum absolute atomic E-state index is 0.00664. The number of hydrogen-bond acceptors (Lipinski definition) is 7. The van der Waals surface area contributed by atoms with Crippen LogP contribution in [0.1, 0.15) is 35.1 Å². The quantitative estimate of drug-likeness (QED) is 0.497. The Labute approximate surface area is 216 Å². The van der Waals surface area contributed by atoms with Crippen molar-refractivity contribution in [3.63, 3.8) is 0 Å². The second-order valence-electron chi connectivity index (χ2n) is 9.37. The predicted octanol–water partition coefficient (Wildman–Crippen LogP) is 3.98. The second kappa shape index (κ2) is 10.7. The van der Waals surface area contributed by atoms with Crippen LogP contribution in [0.25, 0.3) is 11.4 Å². The lowest BCUT2D eigenvalue weighted by molar-refractivity contribution is -0.148. The molecule has 4 heterocycles. The van der Waals surface area contributed by atoms with E-state index in [4.69, 9.17) is 4.74 Å². The lowest BCUT2D eigenvalue weighted by Gasteiger charge is -2.32. The number of alkyl halides is 3. The Morgan fingerprint density at radius 1 is 1.03 bits per heavy atom. The van der Waals surface area contributed by atoms with E-state index in [9.17, 15) is 22.4 Å². The van der Waals surface area contributed by atoms with Gasteiger partial charge in [-0.3, -0.25) is 4.79 Å². The maximum atomic E-state index is 14.8. The van der Waals surface area contributed by atoms with Crippen LogP contribution in [0.4, 0.5) is 29.2 Å². The number of carbonyl (C=O) groups is 1. The van der Waals surface area contributed by atoms with Crippen molar-refractivity contribution in [3.05, 3.63) is 53.9 Å². The molecule has 5 rings (SSSR count). The normalized spacial score (nSPS) is 17.6. The third kappa shape index (κ3) is 5.48. The number of piperazine rings is 1. The summed E-state index contributed by atoms with van der Waals surface area (Å²) >= 11 is 0. The zero-order valence-corrected chi connectivity index (χ0v) is 20.7. The molecule has 2 fully saturated rings. The van der Waals surface area contributed by atoms with Crippen LogP contribution in [-0.2, 0) is 10.9 Å². The number of hydrogen-bond donors (Lipinski definition) is 1. The molecule has 38 heavy (non-hydrogen) atoms. The van der Waals surface area contributed by atoms with Crippen molar-refractivity contribution in [2.75, 3.05) is 51.8 Å². The van der Waals surface area contributed by atoms with E-state index in [2.05, 4.69) is 25.2 Å². The topological polar surface area (TPSA) is 88.4 Å². The molecule has 2 aliphatic rings. The van der Waals surface area contributed by atoms with Crippen LogP contribution < -0.4 is 5.32 Å². The lowest BCUT2D eigenvalue weighted by Crippen LogP contribution is -2.47. The van der Waals surface area contributed by atoms with E-state index in [1.807, 2.05) is 7.05 Å². The average Bonchev–Trinajstić information content (AvgIpc) is 3.37. The van der Waals surface area contributed by atoms with Crippen molar-refractivity contribution in [2.24, 2.45) is 0 Å². The number of ether oxygens (including phenoxy) is 1. The third-order valence-electron chi connectivity index (χ3n) is 6.77. The maximum absolute atomic E-state index is 14.8. The molecule has 0 bridgehead atoms. The second-order valence-corrected chi connectivity index (χ2v) is 9.37. The minimum atomic E-state index is -4.72. The molecular formula is C25H27F4N7O2. The highest BCUT2D eigenvalue weighted by atomic mass is 19.4. The summed E-state index contributed by atoms with van der Waals surface area (Å²) in [5, 5.41) is 2.94. The zero-order chi connectivity index (χ0) is 26.9. The monoisotopic (exact) mass is 533 g/mol. The summed E-state index contributed by atoms with van der Waals surface area (Å²) < 4.78 is 62.4. The molecule has 0 aliphatic carbocycles. The third-order valence-corrected chi connectivity index (χ3v) is 6.77. The number of rotatable bonds is 5. The van der Waals surface area contributed by atoms with Gasteiger partial charge in [-0.1, -0.05) is 0 Å². The Bertz CT molecular complexity index is 1280. The first-order chi connectivity index (χ1) is 18.2. The number of amides is 1. The van der Waals surface area contributed by atoms with Crippen molar-refractivity contribution in [3.8, 4) is 11.4 Å². The summed E-state index contributed by atoms with van der Waals surface area (Å²) in [6.45, 7) is 3.53. The molecule has 2 saturated heterocycles. The average molecular weight is 534 g/mol. The Hall–Kier alpha value is -3.58. The van der Waals surface area contributed by atoms with Gasteiger partial charge in [-0.25, -0.2) is 19.3 Å². The Kier molecular flexibility index (Phi) is 7.30. The van der Waals surface area contributed by atoms with Crippen molar-refractivity contribution < 1.29 is 27.1 Å². The van der Waals surface area contributed by atoms with E-state index in [1.54, 1.807) is 29.2 Å². The van der Waals surface area contributed by atoms with E-state index in [0.29, 0.717) is 50.4 Å². The number of nitrogens with zero attached hydrogens (tertiary/aromatic N) is 6. The van der Waals surface area contributed by atoms with Crippen LogP contribution in [0.5, 0.6) is 0 Å². The van der Waals surface area contributed by atoms with Crippen molar-refractivity contribution in [1.29, 1.82) is 0 Å². The number of likely N-dealkylation sites (N-methyl/N-ethyl adjacent to an activating group) is 1. The molecule has 0 atom stereocenters. The van der Waals surface area contributed by atoms with E-state index in [0.717, 1.165) is 30.1 Å². The zero-order valence-electron chi connectivity index (χ0n) is 20.7. The fraction of sp³-hybridized carbons (Fsp3) is 0.440. The molecule has 1 amide bonds. The molecule has 1 aromatic carbocycles. The fourth-order valence-electron chi connectivity index (χ4n) is 4.68. The molecule has 3 aromatic rings. The number of halogens is 4. The molecule has 0 unspecified atom stereocenters. The van der Waals surface area contributed by atoms with Crippen molar-refractivity contribution in [1.82, 2.24) is 29.3 Å². The maximum Gasteiger partial charge on any atom is 0.449 e. The van der Waals surface area contributed by atoms with E-state index in [1.165, 1.54) is 0 Å². The van der Waals surface area contributed by atoms with Gasteiger partial charge >= 0.3 is 6.18 Å². The van der Waals surface area contributed by atoms with E-state index < -0.39 is 23.9 Å². The highest BCUT2D eigenvalue weighted by Crippen LogP contribution is 2.37. The molecular weight excluding hydrogens is 506 g/mol. The number of benzene rings is 1. The standard InChI is InChI=1S/C25H27F4N7O2/c1-34-8-10-35(11-9-34)22(37)16-2-4-17(5-3-16)32-24-31-14-19(26)21(33-24)20-15-30-23(25(27,28)29)36(20)18-6-12-38-13-7-18/h2-5,14-15,18H,6-13H2,1H3,(H,31,32,33). The lowest BCUT2D eigenvalue weighted by atomic mass is 10.1. The highest BCUT2D eigenvalue weighted by Gasteiger charge is 2.40. The highest BCUT2D eigenvalue weighted by molar-refractivity contribution is 5.94. The number of anilines is 2. The molecule has 0 saturated carbocycles. The molecule has 9 nitrogen and oxygen atoms in total. The van der Waals surface area contributed by atoms with Crippen LogP contribution in [0.15, 0.2) is 36.7 Å². The van der Waals surface area contributed by atoms with Crippen LogP contribution in [-0.4, -0.2) is 81.7 Å². The summed E-state index contributed by atoms with van der Waals surface area (Å²) in [5.41, 5.74) is 0.686. The summed E-state index contributed by atoms with van der Waals surface area (Å²) in [6, 6.07) is 6.12. The number of carbonyl (C=O) groups excluding carboxylic acids is 1. The minimum Gasteiger partial charge on any atom is -0.381 e. The molecule has 0 spiro atoms. The molecule has 1 N–H and O–H groups in total. The van der Waals surface area contributed by atoms with Gasteiger partial charge in [-0.05, 0) is 44.2 Å². The Balaban J connectivity index is 1.38. The van der Waals surface area contributed by atoms with Gasteiger partial charge < -0.3 is 24.4 Å². The van der Waals surface area contributed by atoms with Gasteiger partial charge in [-0.15, -0.1) is 0 Å². The Morgan fingerprint density at radius 2 is 1.71 bits per heavy atom. The van der Waals surface area contributed by atoms with Gasteiger partial charge in [0.2, 0.25) is 11.8 Å². The SMILES string of the molecule is CN1CCN(C(=O)c2ccc(Nc3ncc(F)c(-c4cnc(C(F)(F)F)n4C4CCOCC4)n3)cc2)CC1.